The minimum atomic E-state index is -4.72. The van der Waals surface area contributed by atoms with Gasteiger partial charge in [-0.15, -0.1) is 0 Å². The molecule has 11 heteroatoms. The molecule has 0 aliphatic heterocycles. The number of benzene rings is 2. The van der Waals surface area contributed by atoms with Crippen molar-refractivity contribution in [2.45, 2.75) is 19.3 Å². The molecule has 0 saturated heterocycles. The van der Waals surface area contributed by atoms with Gasteiger partial charge in [-0.1, -0.05) is 41.6 Å². The molecule has 35 heavy (non-hydrogen) atoms. The highest BCUT2D eigenvalue weighted by Crippen LogP contribution is 2.30. The van der Waals surface area contributed by atoms with Gasteiger partial charge in [0.25, 0.3) is 10.9 Å². The molecule has 8 nitrogen and oxygen atoms in total. The Balaban J connectivity index is 1.47. The summed E-state index contributed by atoms with van der Waals surface area (Å²) >= 11 is 0. The Kier molecular flexibility index (Phi) is 6.33. The van der Waals surface area contributed by atoms with Gasteiger partial charge in [0, 0.05) is 32.7 Å². The highest BCUT2D eigenvalue weighted by Gasteiger charge is 2.38. The van der Waals surface area contributed by atoms with Gasteiger partial charge in [-0.25, -0.2) is 0 Å². The summed E-state index contributed by atoms with van der Waals surface area (Å²) in [6.07, 6.45) is -4.72. The van der Waals surface area contributed by atoms with Crippen molar-refractivity contribution in [2.75, 3.05) is 31.0 Å². The lowest BCUT2D eigenvalue weighted by atomic mass is 10.1. The van der Waals surface area contributed by atoms with E-state index in [0.29, 0.717) is 30.0 Å². The fourth-order valence-electron chi connectivity index (χ4n) is 3.73. The van der Waals surface area contributed by atoms with Crippen LogP contribution in [0.25, 0.3) is 11.4 Å². The summed E-state index contributed by atoms with van der Waals surface area (Å²) in [5.41, 5.74) is 1.60. The zero-order chi connectivity index (χ0) is 25.3. The lowest BCUT2D eigenvalue weighted by Crippen LogP contribution is -2.44. The third-order valence-electron chi connectivity index (χ3n) is 5.50. The molecule has 0 aliphatic rings. The van der Waals surface area contributed by atoms with Crippen LogP contribution in [-0.2, 0) is 19.3 Å². The molecule has 0 unspecified atom stereocenters. The predicted molar refractivity (Wildman–Crippen MR) is 123 cm³/mol. The molecule has 182 valence electrons. The molecular formula is C24H21F3N4O4. The second-order valence-corrected chi connectivity index (χ2v) is 8.03. The van der Waals surface area contributed by atoms with Gasteiger partial charge in [0.1, 0.15) is 17.1 Å². The first kappa shape index (κ1) is 24.0. The van der Waals surface area contributed by atoms with Crippen molar-refractivity contribution in [3.63, 3.8) is 0 Å². The lowest BCUT2D eigenvalue weighted by molar-refractivity contribution is -0.159. The molecule has 0 bridgehead atoms. The average molecular weight is 486 g/mol. The lowest BCUT2D eigenvalue weighted by Gasteiger charge is -2.28. The zero-order valence-electron chi connectivity index (χ0n) is 19.1. The van der Waals surface area contributed by atoms with E-state index in [1.807, 2.05) is 24.3 Å². The van der Waals surface area contributed by atoms with Crippen molar-refractivity contribution in [1.29, 1.82) is 0 Å². The number of anilines is 2. The SMILES string of the molecule is COc1ccc(CN(C)c2c(N(C)Cc3ccc(-c4noc(C(F)(F)F)n4)cc3)c(=O)c2=O)cc1. The van der Waals surface area contributed by atoms with Gasteiger partial charge >= 0.3 is 12.1 Å². The Morgan fingerprint density at radius 2 is 1.34 bits per heavy atom. The molecule has 0 spiro atoms. The molecule has 4 rings (SSSR count). The van der Waals surface area contributed by atoms with E-state index in [1.54, 1.807) is 55.3 Å². The van der Waals surface area contributed by atoms with Crippen LogP contribution in [0.1, 0.15) is 17.0 Å². The van der Waals surface area contributed by atoms with Gasteiger partial charge in [-0.05, 0) is 23.3 Å². The molecule has 4 aromatic rings. The smallest absolute Gasteiger partial charge is 0.471 e. The summed E-state index contributed by atoms with van der Waals surface area (Å²) in [5.74, 6) is -0.873. The first-order valence-corrected chi connectivity index (χ1v) is 10.5. The highest BCUT2D eigenvalue weighted by molar-refractivity contribution is 5.76. The third kappa shape index (κ3) is 4.88. The third-order valence-corrected chi connectivity index (χ3v) is 5.50. The molecule has 1 aromatic heterocycles. The molecule has 1 heterocycles. The second-order valence-electron chi connectivity index (χ2n) is 8.03. The van der Waals surface area contributed by atoms with Gasteiger partial charge in [0.05, 0.1) is 7.11 Å². The van der Waals surface area contributed by atoms with Crippen molar-refractivity contribution in [1.82, 2.24) is 10.1 Å². The molecule has 0 saturated carbocycles. The number of rotatable bonds is 8. The Bertz CT molecular complexity index is 1390. The number of aromatic nitrogens is 2. The molecular weight excluding hydrogens is 465 g/mol. The van der Waals surface area contributed by atoms with Crippen molar-refractivity contribution in [3.05, 3.63) is 86.0 Å². The van der Waals surface area contributed by atoms with Crippen LogP contribution in [0.15, 0.2) is 62.6 Å². The summed E-state index contributed by atoms with van der Waals surface area (Å²) in [6.45, 7) is 0.726. The van der Waals surface area contributed by atoms with Crippen LogP contribution in [-0.4, -0.2) is 31.3 Å². The zero-order valence-corrected chi connectivity index (χ0v) is 19.1. The van der Waals surface area contributed by atoms with Gasteiger partial charge in [-0.3, -0.25) is 9.59 Å². The van der Waals surface area contributed by atoms with Crippen LogP contribution < -0.4 is 25.4 Å². The van der Waals surface area contributed by atoms with Gasteiger partial charge in [0.15, 0.2) is 0 Å². The maximum absolute atomic E-state index is 12.7. The van der Waals surface area contributed by atoms with Gasteiger partial charge in [-0.2, -0.15) is 18.2 Å². The number of hydrogen-bond donors (Lipinski definition) is 0. The largest absolute Gasteiger partial charge is 0.497 e. The van der Waals surface area contributed by atoms with Crippen molar-refractivity contribution in [3.8, 4) is 17.1 Å². The van der Waals surface area contributed by atoms with Crippen molar-refractivity contribution < 1.29 is 22.4 Å². The summed E-state index contributed by atoms with van der Waals surface area (Å²) in [7, 11) is 5.02. The molecule has 0 aliphatic carbocycles. The fraction of sp³-hybridized carbons (Fsp3) is 0.250. The first-order chi connectivity index (χ1) is 16.6. The Hall–Kier alpha value is -4.15. The monoisotopic (exact) mass is 486 g/mol. The van der Waals surface area contributed by atoms with Crippen LogP contribution in [0.2, 0.25) is 0 Å². The van der Waals surface area contributed by atoms with Crippen molar-refractivity contribution >= 4 is 11.4 Å². The number of nitrogens with zero attached hydrogens (tertiary/aromatic N) is 4. The van der Waals surface area contributed by atoms with Crippen LogP contribution in [0.4, 0.5) is 24.5 Å². The van der Waals surface area contributed by atoms with Gasteiger partial charge < -0.3 is 19.1 Å². The van der Waals surface area contributed by atoms with E-state index in [4.69, 9.17) is 4.74 Å². The molecule has 0 amide bonds. The maximum Gasteiger partial charge on any atom is 0.471 e. The van der Waals surface area contributed by atoms with Crippen LogP contribution in [0.3, 0.4) is 0 Å². The number of ether oxygens (including phenoxy) is 1. The fourth-order valence-corrected chi connectivity index (χ4v) is 3.73. The quantitative estimate of drug-likeness (QED) is 0.349. The van der Waals surface area contributed by atoms with E-state index < -0.39 is 22.9 Å². The molecule has 0 fully saturated rings. The van der Waals surface area contributed by atoms with Gasteiger partial charge in [0.2, 0.25) is 5.82 Å². The van der Waals surface area contributed by atoms with E-state index in [-0.39, 0.29) is 5.82 Å². The summed E-state index contributed by atoms with van der Waals surface area (Å²) in [6, 6.07) is 13.9. The summed E-state index contributed by atoms with van der Waals surface area (Å²) < 4.78 is 47.4. The summed E-state index contributed by atoms with van der Waals surface area (Å²) in [5, 5.41) is 3.37. The second kappa shape index (κ2) is 9.24. The van der Waals surface area contributed by atoms with Crippen LogP contribution in [0.5, 0.6) is 5.75 Å². The number of alkyl halides is 3. The molecule has 3 aromatic carbocycles. The topological polar surface area (TPSA) is 88.8 Å². The summed E-state index contributed by atoms with van der Waals surface area (Å²) in [4.78, 5) is 31.5. The van der Waals surface area contributed by atoms with E-state index in [0.717, 1.165) is 16.9 Å². The Morgan fingerprint density at radius 3 is 1.77 bits per heavy atom. The van der Waals surface area contributed by atoms with Crippen LogP contribution >= 0.6 is 0 Å². The van der Waals surface area contributed by atoms with Crippen molar-refractivity contribution in [2.24, 2.45) is 0 Å². The number of methoxy groups -OCH3 is 1. The van der Waals surface area contributed by atoms with E-state index in [9.17, 15) is 22.8 Å². The Labute approximate surface area is 197 Å². The number of hydrogen-bond acceptors (Lipinski definition) is 8. The molecule has 0 N–H and O–H groups in total. The molecule has 0 radical (unpaired) electrons. The Morgan fingerprint density at radius 1 is 0.857 bits per heavy atom. The minimum Gasteiger partial charge on any atom is -0.497 e. The predicted octanol–water partition coefficient (Wildman–Crippen LogP) is 3.63. The standard InChI is InChI=1S/C24H21F3N4O4/c1-30(12-14-4-8-16(9-5-14)22-28-23(35-29-22)24(25,26)27)18-19(21(33)20(18)32)31(2)13-15-6-10-17(34-3)11-7-15/h4-11H,12-13H2,1-3H3. The normalized spacial score (nSPS) is 11.6. The van der Waals surface area contributed by atoms with E-state index in [2.05, 4.69) is 14.7 Å². The minimum absolute atomic E-state index is 0.179. The highest BCUT2D eigenvalue weighted by atomic mass is 19.4. The molecule has 0 atom stereocenters. The van der Waals surface area contributed by atoms with Crippen LogP contribution in [0, 0.1) is 0 Å². The maximum atomic E-state index is 12.7. The first-order valence-electron chi connectivity index (χ1n) is 10.5. The van der Waals surface area contributed by atoms with E-state index >= 15 is 0 Å². The van der Waals surface area contributed by atoms with E-state index in [1.165, 1.54) is 0 Å². The average Bonchev–Trinajstić information content (AvgIpc) is 3.33. The number of halogens is 3.